The van der Waals surface area contributed by atoms with Crippen molar-refractivity contribution < 1.29 is 15.0 Å². The highest BCUT2D eigenvalue weighted by Crippen LogP contribution is 2.06. The Kier molecular flexibility index (Phi) is 3.53. The number of nitrogens with zero attached hydrogens (tertiary/aromatic N) is 1. The predicted molar refractivity (Wildman–Crippen MR) is 51.1 cm³/mol. The molecule has 0 aliphatic carbocycles. The Morgan fingerprint density at radius 3 is 2.87 bits per heavy atom. The molecule has 0 aromatic carbocycles. The van der Waals surface area contributed by atoms with Crippen molar-refractivity contribution in [3.05, 3.63) is 22.2 Å². The molecular weight excluding hydrogens is 202 g/mol. The maximum Gasteiger partial charge on any atom is 0.346 e. The van der Waals surface area contributed by atoms with Gasteiger partial charge in [-0.15, -0.1) is 0 Å². The van der Waals surface area contributed by atoms with E-state index in [1.54, 1.807) is 0 Å². The zero-order valence-corrected chi connectivity index (χ0v) is 7.80. The minimum absolute atomic E-state index is 0.0356. The maximum absolute atomic E-state index is 11.2. The average molecular weight is 213 g/mol. The largest absolute Gasteiger partial charge is 0.393 e. The molecule has 0 radical (unpaired) electrons. The van der Waals surface area contributed by atoms with Crippen LogP contribution in [0.15, 0.2) is 11.0 Å². The van der Waals surface area contributed by atoms with Crippen molar-refractivity contribution in [2.24, 2.45) is 0 Å². The molecule has 0 saturated carbocycles. The van der Waals surface area contributed by atoms with Gasteiger partial charge in [-0.05, 0) is 0 Å². The van der Waals surface area contributed by atoms with Crippen LogP contribution in [0, 0.1) is 0 Å². The Morgan fingerprint density at radius 1 is 1.67 bits per heavy atom. The van der Waals surface area contributed by atoms with E-state index in [9.17, 15) is 9.59 Å². The second-order valence-electron chi connectivity index (χ2n) is 2.97. The lowest BCUT2D eigenvalue weighted by atomic mass is 10.1. The zero-order chi connectivity index (χ0) is 11.4. The molecule has 1 heterocycles. The molecule has 1 atom stereocenters. The second-order valence-corrected chi connectivity index (χ2v) is 2.97. The number of aliphatic hydroxyl groups is 2. The summed E-state index contributed by atoms with van der Waals surface area (Å²) in [5.74, 6) is -0.550. The van der Waals surface area contributed by atoms with Crippen molar-refractivity contribution in [2.75, 3.05) is 12.3 Å². The molecule has 0 spiro atoms. The molecule has 82 valence electrons. The number of anilines is 1. The van der Waals surface area contributed by atoms with Crippen LogP contribution in [0.3, 0.4) is 0 Å². The number of rotatable bonds is 4. The topological polar surface area (TPSA) is 129 Å². The smallest absolute Gasteiger partial charge is 0.346 e. The molecule has 15 heavy (non-hydrogen) atoms. The van der Waals surface area contributed by atoms with Crippen LogP contribution >= 0.6 is 0 Å². The lowest BCUT2D eigenvalue weighted by Gasteiger charge is -2.06. The fourth-order valence-electron chi connectivity index (χ4n) is 0.982. The first-order valence-electron chi connectivity index (χ1n) is 4.20. The van der Waals surface area contributed by atoms with Gasteiger partial charge in [-0.2, -0.15) is 0 Å². The number of nitrogens with one attached hydrogen (secondary N) is 1. The molecule has 7 heteroatoms. The summed E-state index contributed by atoms with van der Waals surface area (Å²) in [6, 6.07) is 0. The van der Waals surface area contributed by atoms with Gasteiger partial charge >= 0.3 is 5.69 Å². The quantitative estimate of drug-likeness (QED) is 0.450. The van der Waals surface area contributed by atoms with E-state index in [2.05, 4.69) is 9.97 Å². The predicted octanol–water partition coefficient (Wildman–Crippen LogP) is -2.18. The molecular formula is C8H11N3O4. The highest BCUT2D eigenvalue weighted by molar-refractivity contribution is 5.85. The summed E-state index contributed by atoms with van der Waals surface area (Å²) in [5, 5.41) is 17.5. The number of Topliss-reactive ketones (excluding diaryl/α,β-unsaturated/α-hetero) is 1. The van der Waals surface area contributed by atoms with Crippen molar-refractivity contribution in [1.82, 2.24) is 9.97 Å². The molecule has 1 aromatic rings. The Balaban J connectivity index is 2.81. The molecule has 0 fully saturated rings. The first-order chi connectivity index (χ1) is 7.04. The van der Waals surface area contributed by atoms with Gasteiger partial charge in [0.15, 0.2) is 5.78 Å². The number of carbonyl (C=O) groups excluding carboxylic acids is 1. The van der Waals surface area contributed by atoms with E-state index in [0.717, 1.165) is 6.20 Å². The first-order valence-corrected chi connectivity index (χ1v) is 4.20. The van der Waals surface area contributed by atoms with Crippen LogP contribution in [0.2, 0.25) is 0 Å². The number of H-pyrrole nitrogens is 1. The standard InChI is InChI=1S/C8H11N3O4/c9-7-4(2-10-8(15)11-7)1-5(13)6(14)3-12/h2,6,12,14H,1,3H2,(H3,9,10,11,15). The van der Waals surface area contributed by atoms with Crippen LogP contribution in [0.5, 0.6) is 0 Å². The highest BCUT2D eigenvalue weighted by Gasteiger charge is 2.15. The summed E-state index contributed by atoms with van der Waals surface area (Å²) in [5.41, 5.74) is 5.13. The molecule has 0 bridgehead atoms. The van der Waals surface area contributed by atoms with Gasteiger partial charge in [0.2, 0.25) is 0 Å². The van der Waals surface area contributed by atoms with E-state index in [4.69, 9.17) is 15.9 Å². The minimum atomic E-state index is -1.43. The molecule has 1 aromatic heterocycles. The number of aliphatic hydroxyl groups excluding tert-OH is 2. The number of carbonyl (C=O) groups is 1. The third-order valence-corrected chi connectivity index (χ3v) is 1.83. The van der Waals surface area contributed by atoms with Crippen LogP contribution in [0.25, 0.3) is 0 Å². The Bertz CT molecular complexity index is 415. The Hall–Kier alpha value is -1.73. The van der Waals surface area contributed by atoms with Crippen molar-refractivity contribution in [3.8, 4) is 0 Å². The van der Waals surface area contributed by atoms with Gasteiger partial charge in [0.1, 0.15) is 11.9 Å². The van der Waals surface area contributed by atoms with Gasteiger partial charge in [0, 0.05) is 18.2 Å². The highest BCUT2D eigenvalue weighted by atomic mass is 16.3. The third kappa shape index (κ3) is 2.86. The maximum atomic E-state index is 11.2. The van der Waals surface area contributed by atoms with Gasteiger partial charge in [-0.25, -0.2) is 9.78 Å². The molecule has 7 nitrogen and oxygen atoms in total. The van der Waals surface area contributed by atoms with Crippen LogP contribution in [-0.4, -0.2) is 38.7 Å². The van der Waals surface area contributed by atoms with Gasteiger partial charge in [0.25, 0.3) is 0 Å². The fourth-order valence-corrected chi connectivity index (χ4v) is 0.982. The summed E-state index contributed by atoms with van der Waals surface area (Å²) in [7, 11) is 0. The SMILES string of the molecule is Nc1[nH]c(=O)ncc1CC(=O)C(O)CO. The normalized spacial score (nSPS) is 12.4. The van der Waals surface area contributed by atoms with E-state index in [1.165, 1.54) is 0 Å². The van der Waals surface area contributed by atoms with E-state index >= 15 is 0 Å². The number of ketones is 1. The molecule has 0 saturated heterocycles. The van der Waals surface area contributed by atoms with E-state index in [1.807, 2.05) is 0 Å². The number of hydrogen-bond donors (Lipinski definition) is 4. The summed E-state index contributed by atoms with van der Waals surface area (Å²) in [6.45, 7) is -0.643. The summed E-state index contributed by atoms with van der Waals surface area (Å²) in [4.78, 5) is 27.5. The van der Waals surface area contributed by atoms with E-state index < -0.39 is 24.2 Å². The minimum Gasteiger partial charge on any atom is -0.393 e. The zero-order valence-electron chi connectivity index (χ0n) is 7.80. The average Bonchev–Trinajstić information content (AvgIpc) is 2.20. The van der Waals surface area contributed by atoms with Gasteiger partial charge in [-0.1, -0.05) is 0 Å². The van der Waals surface area contributed by atoms with Crippen LogP contribution < -0.4 is 11.4 Å². The van der Waals surface area contributed by atoms with E-state index in [0.29, 0.717) is 5.56 Å². The van der Waals surface area contributed by atoms with Gasteiger partial charge in [-0.3, -0.25) is 9.78 Å². The van der Waals surface area contributed by atoms with Crippen LogP contribution in [0.1, 0.15) is 5.56 Å². The van der Waals surface area contributed by atoms with Crippen molar-refractivity contribution >= 4 is 11.6 Å². The van der Waals surface area contributed by atoms with Crippen molar-refractivity contribution in [1.29, 1.82) is 0 Å². The number of nitrogen functional groups attached to an aromatic ring is 1. The molecule has 1 unspecified atom stereocenters. The monoisotopic (exact) mass is 213 g/mol. The molecule has 5 N–H and O–H groups in total. The van der Waals surface area contributed by atoms with E-state index in [-0.39, 0.29) is 12.2 Å². The Labute approximate surface area is 84.6 Å². The first kappa shape index (κ1) is 11.3. The summed E-state index contributed by atoms with van der Waals surface area (Å²) >= 11 is 0. The van der Waals surface area contributed by atoms with Crippen molar-refractivity contribution in [2.45, 2.75) is 12.5 Å². The van der Waals surface area contributed by atoms with Gasteiger partial charge in [0.05, 0.1) is 6.61 Å². The fraction of sp³-hybridized carbons (Fsp3) is 0.375. The van der Waals surface area contributed by atoms with Crippen LogP contribution in [-0.2, 0) is 11.2 Å². The summed E-state index contributed by atoms with van der Waals surface area (Å²) < 4.78 is 0. The molecule has 0 amide bonds. The van der Waals surface area contributed by atoms with Crippen LogP contribution in [0.4, 0.5) is 5.82 Å². The second kappa shape index (κ2) is 4.67. The summed E-state index contributed by atoms with van der Waals surface area (Å²) in [6.07, 6.45) is -0.454. The third-order valence-electron chi connectivity index (χ3n) is 1.83. The number of aromatic amines is 1. The van der Waals surface area contributed by atoms with Gasteiger partial charge < -0.3 is 15.9 Å². The number of hydrogen-bond acceptors (Lipinski definition) is 6. The van der Waals surface area contributed by atoms with Crippen molar-refractivity contribution in [3.63, 3.8) is 0 Å². The Morgan fingerprint density at radius 2 is 2.33 bits per heavy atom. The molecule has 1 rings (SSSR count). The molecule has 0 aliphatic heterocycles. The number of aromatic nitrogens is 2. The molecule has 0 aliphatic rings. The lowest BCUT2D eigenvalue weighted by Crippen LogP contribution is -2.27. The lowest BCUT2D eigenvalue weighted by molar-refractivity contribution is -0.128. The number of nitrogens with two attached hydrogens (primary N) is 1.